The molecule has 0 spiro atoms. The molecule has 1 saturated heterocycles. The average Bonchev–Trinajstić information content (AvgIpc) is 2.33. The Morgan fingerprint density at radius 1 is 1.29 bits per heavy atom. The molecule has 0 aliphatic carbocycles. The summed E-state index contributed by atoms with van der Waals surface area (Å²) >= 11 is 0. The van der Waals surface area contributed by atoms with E-state index < -0.39 is 0 Å². The highest BCUT2D eigenvalue weighted by molar-refractivity contribution is 5.95. The average molecular weight is 240 g/mol. The van der Waals surface area contributed by atoms with Gasteiger partial charge in [-0.05, 0) is 11.8 Å². The van der Waals surface area contributed by atoms with E-state index in [1.807, 2.05) is 6.92 Å². The van der Waals surface area contributed by atoms with E-state index in [4.69, 9.17) is 0 Å². The van der Waals surface area contributed by atoms with Crippen molar-refractivity contribution in [1.82, 2.24) is 10.2 Å². The minimum Gasteiger partial charge on any atom is -0.345 e. The number of hydrogen-bond acceptors (Lipinski definition) is 2. The van der Waals surface area contributed by atoms with Crippen LogP contribution in [0.3, 0.4) is 0 Å². The molecular weight excluding hydrogens is 216 g/mol. The van der Waals surface area contributed by atoms with E-state index in [1.54, 1.807) is 4.90 Å². The Morgan fingerprint density at radius 2 is 1.94 bits per heavy atom. The zero-order valence-electron chi connectivity index (χ0n) is 11.3. The van der Waals surface area contributed by atoms with Crippen molar-refractivity contribution in [3.63, 3.8) is 0 Å². The lowest BCUT2D eigenvalue weighted by molar-refractivity contribution is -0.148. The van der Waals surface area contributed by atoms with Crippen LogP contribution in [0.1, 0.15) is 40.5 Å². The summed E-state index contributed by atoms with van der Waals surface area (Å²) < 4.78 is 0. The highest BCUT2D eigenvalue weighted by Gasteiger charge is 2.37. The molecule has 1 heterocycles. The quantitative estimate of drug-likeness (QED) is 0.790. The van der Waals surface area contributed by atoms with Crippen molar-refractivity contribution >= 4 is 11.8 Å². The number of rotatable bonds is 5. The first-order chi connectivity index (χ1) is 8.01. The topological polar surface area (TPSA) is 49.4 Å². The van der Waals surface area contributed by atoms with Crippen LogP contribution in [0, 0.1) is 11.8 Å². The van der Waals surface area contributed by atoms with E-state index in [9.17, 15) is 9.59 Å². The number of hydrogen-bond donors (Lipinski definition) is 1. The summed E-state index contributed by atoms with van der Waals surface area (Å²) in [7, 11) is 0. The smallest absolute Gasteiger partial charge is 0.243 e. The van der Waals surface area contributed by atoms with Gasteiger partial charge in [-0.1, -0.05) is 40.5 Å². The van der Waals surface area contributed by atoms with Gasteiger partial charge in [0.05, 0.1) is 6.54 Å². The van der Waals surface area contributed by atoms with Crippen molar-refractivity contribution in [3.8, 4) is 0 Å². The predicted octanol–water partition coefficient (Wildman–Crippen LogP) is 1.41. The predicted molar refractivity (Wildman–Crippen MR) is 67.4 cm³/mol. The van der Waals surface area contributed by atoms with E-state index in [1.165, 1.54) is 0 Å². The summed E-state index contributed by atoms with van der Waals surface area (Å²) in [6, 6.07) is -0.282. The molecule has 1 N–H and O–H groups in total. The number of carbonyl (C=O) groups is 2. The highest BCUT2D eigenvalue weighted by atomic mass is 16.2. The largest absolute Gasteiger partial charge is 0.345 e. The SMILES string of the molecule is CCC(C)CN1C(=O)CNC(=O)C1C(C)CC. The first-order valence-corrected chi connectivity index (χ1v) is 6.58. The van der Waals surface area contributed by atoms with E-state index in [-0.39, 0.29) is 30.3 Å². The van der Waals surface area contributed by atoms with Gasteiger partial charge in [0.15, 0.2) is 0 Å². The lowest BCUT2D eigenvalue weighted by Gasteiger charge is -2.39. The van der Waals surface area contributed by atoms with Crippen LogP contribution in [0.2, 0.25) is 0 Å². The molecule has 4 nitrogen and oxygen atoms in total. The molecule has 4 heteroatoms. The molecule has 1 aliphatic heterocycles. The van der Waals surface area contributed by atoms with Crippen molar-refractivity contribution in [1.29, 1.82) is 0 Å². The zero-order chi connectivity index (χ0) is 13.0. The van der Waals surface area contributed by atoms with Crippen molar-refractivity contribution in [2.24, 2.45) is 11.8 Å². The normalized spacial score (nSPS) is 24.5. The van der Waals surface area contributed by atoms with Gasteiger partial charge in [-0.3, -0.25) is 9.59 Å². The number of amides is 2. The van der Waals surface area contributed by atoms with Crippen LogP contribution in [0.5, 0.6) is 0 Å². The Kier molecular flexibility index (Phi) is 4.97. The monoisotopic (exact) mass is 240 g/mol. The van der Waals surface area contributed by atoms with Gasteiger partial charge in [0.25, 0.3) is 0 Å². The zero-order valence-corrected chi connectivity index (χ0v) is 11.3. The second-order valence-corrected chi connectivity index (χ2v) is 5.11. The van der Waals surface area contributed by atoms with Crippen LogP contribution < -0.4 is 5.32 Å². The highest BCUT2D eigenvalue weighted by Crippen LogP contribution is 2.20. The molecule has 3 unspecified atom stereocenters. The van der Waals surface area contributed by atoms with Gasteiger partial charge in [-0.25, -0.2) is 0 Å². The molecular formula is C13H24N2O2. The fourth-order valence-corrected chi connectivity index (χ4v) is 2.13. The Morgan fingerprint density at radius 3 is 2.47 bits per heavy atom. The molecule has 3 atom stereocenters. The van der Waals surface area contributed by atoms with Gasteiger partial charge >= 0.3 is 0 Å². The first kappa shape index (κ1) is 14.0. The molecule has 17 heavy (non-hydrogen) atoms. The minimum absolute atomic E-state index is 0.00209. The molecule has 0 aromatic heterocycles. The molecule has 0 aromatic carbocycles. The van der Waals surface area contributed by atoms with Crippen molar-refractivity contribution < 1.29 is 9.59 Å². The van der Waals surface area contributed by atoms with Gasteiger partial charge < -0.3 is 10.2 Å². The Bertz CT molecular complexity index is 291. The van der Waals surface area contributed by atoms with Crippen LogP contribution in [0.4, 0.5) is 0 Å². The van der Waals surface area contributed by atoms with Crippen LogP contribution in [-0.4, -0.2) is 35.8 Å². The third-order valence-corrected chi connectivity index (χ3v) is 3.73. The number of piperazine rings is 1. The maximum absolute atomic E-state index is 11.9. The maximum atomic E-state index is 11.9. The third-order valence-electron chi connectivity index (χ3n) is 3.73. The molecule has 1 aliphatic rings. The Hall–Kier alpha value is -1.06. The van der Waals surface area contributed by atoms with Gasteiger partial charge in [-0.15, -0.1) is 0 Å². The number of nitrogens with zero attached hydrogens (tertiary/aromatic N) is 1. The maximum Gasteiger partial charge on any atom is 0.243 e. The molecule has 1 rings (SSSR count). The van der Waals surface area contributed by atoms with Crippen LogP contribution in [-0.2, 0) is 9.59 Å². The number of nitrogens with one attached hydrogen (secondary N) is 1. The fraction of sp³-hybridized carbons (Fsp3) is 0.846. The summed E-state index contributed by atoms with van der Waals surface area (Å²) in [6.07, 6.45) is 1.93. The Balaban J connectivity index is 2.84. The lowest BCUT2D eigenvalue weighted by atomic mass is 9.93. The first-order valence-electron chi connectivity index (χ1n) is 6.58. The molecule has 0 radical (unpaired) electrons. The number of carbonyl (C=O) groups excluding carboxylic acids is 2. The summed E-state index contributed by atoms with van der Waals surface area (Å²) in [5.41, 5.74) is 0. The van der Waals surface area contributed by atoms with E-state index in [0.717, 1.165) is 12.8 Å². The van der Waals surface area contributed by atoms with Crippen LogP contribution in [0.15, 0.2) is 0 Å². The molecule has 0 aromatic rings. The van der Waals surface area contributed by atoms with Crippen LogP contribution in [0.25, 0.3) is 0 Å². The second kappa shape index (κ2) is 6.03. The van der Waals surface area contributed by atoms with Crippen molar-refractivity contribution in [3.05, 3.63) is 0 Å². The third kappa shape index (κ3) is 3.20. The van der Waals surface area contributed by atoms with E-state index in [0.29, 0.717) is 12.5 Å². The van der Waals surface area contributed by atoms with Crippen LogP contribution >= 0.6 is 0 Å². The van der Waals surface area contributed by atoms with E-state index >= 15 is 0 Å². The fourth-order valence-electron chi connectivity index (χ4n) is 2.13. The van der Waals surface area contributed by atoms with E-state index in [2.05, 4.69) is 26.1 Å². The second-order valence-electron chi connectivity index (χ2n) is 5.11. The van der Waals surface area contributed by atoms with Gasteiger partial charge in [-0.2, -0.15) is 0 Å². The molecule has 98 valence electrons. The minimum atomic E-state index is -0.282. The lowest BCUT2D eigenvalue weighted by Crippen LogP contribution is -2.61. The molecule has 2 amide bonds. The summed E-state index contributed by atoms with van der Waals surface area (Å²) in [5.74, 6) is 0.706. The summed E-state index contributed by atoms with van der Waals surface area (Å²) in [4.78, 5) is 25.6. The van der Waals surface area contributed by atoms with Gasteiger partial charge in [0.2, 0.25) is 11.8 Å². The summed E-state index contributed by atoms with van der Waals surface area (Å²) in [5, 5.41) is 2.69. The molecule has 0 bridgehead atoms. The standard InChI is InChI=1S/C13H24N2O2/c1-5-9(3)8-15-11(16)7-14-13(17)12(15)10(4)6-2/h9-10,12H,5-8H2,1-4H3,(H,14,17). The molecule has 0 saturated carbocycles. The molecule has 1 fully saturated rings. The van der Waals surface area contributed by atoms with Gasteiger partial charge in [0, 0.05) is 6.54 Å². The summed E-state index contributed by atoms with van der Waals surface area (Å²) in [6.45, 7) is 9.16. The van der Waals surface area contributed by atoms with Crippen molar-refractivity contribution in [2.75, 3.05) is 13.1 Å². The van der Waals surface area contributed by atoms with Crippen molar-refractivity contribution in [2.45, 2.75) is 46.6 Å². The van der Waals surface area contributed by atoms with Gasteiger partial charge in [0.1, 0.15) is 6.04 Å². The Labute approximate surface area is 104 Å².